The van der Waals surface area contributed by atoms with E-state index in [2.05, 4.69) is 5.32 Å². The number of likely N-dealkylation sites (N-methyl/N-ethyl adjacent to an activating group) is 1. The molecule has 24 heavy (non-hydrogen) atoms. The number of rotatable bonds is 4. The number of carbonyl (C=O) groups is 1. The molecule has 6 heteroatoms. The van der Waals surface area contributed by atoms with Crippen molar-refractivity contribution in [2.24, 2.45) is 0 Å². The number of carbonyl (C=O) groups excluding carboxylic acids is 1. The molecule has 122 valence electrons. The number of hydrogen-bond donors (Lipinski definition) is 1. The fraction of sp³-hybridized carbons (Fsp3) is 0.111. The molecule has 0 bridgehead atoms. The van der Waals surface area contributed by atoms with Crippen LogP contribution in [0.5, 0.6) is 5.75 Å². The van der Waals surface area contributed by atoms with Gasteiger partial charge in [-0.2, -0.15) is 0 Å². The van der Waals surface area contributed by atoms with E-state index in [9.17, 15) is 9.18 Å². The predicted octanol–water partition coefficient (Wildman–Crippen LogP) is 3.09. The molecule has 1 N–H and O–H groups in total. The molecule has 0 atom stereocenters. The molecule has 2 aromatic carbocycles. The van der Waals surface area contributed by atoms with Gasteiger partial charge in [0.2, 0.25) is 0 Å². The standard InChI is InChI=1S/C18H15FN2O2S/c1-21-17(22)15(20-18(21)24)10-13-6-2-3-8-16(13)23-11-12-5-4-7-14(19)9-12/h2-10H,11H2,1H3,(H,20,24)/b15-10-. The van der Waals surface area contributed by atoms with Crippen molar-refractivity contribution in [1.82, 2.24) is 10.2 Å². The SMILES string of the molecule is CN1C(=O)/C(=C/c2ccccc2OCc2cccc(F)c2)NC1=S. The normalized spacial score (nSPS) is 15.8. The van der Waals surface area contributed by atoms with Gasteiger partial charge in [0.05, 0.1) is 0 Å². The molecule has 0 radical (unpaired) electrons. The molecule has 0 spiro atoms. The van der Waals surface area contributed by atoms with Gasteiger partial charge in [0, 0.05) is 12.6 Å². The number of hydrogen-bond acceptors (Lipinski definition) is 3. The van der Waals surface area contributed by atoms with E-state index in [0.29, 0.717) is 16.6 Å². The summed E-state index contributed by atoms with van der Waals surface area (Å²) in [6, 6.07) is 13.6. The van der Waals surface area contributed by atoms with Crippen LogP contribution in [0.2, 0.25) is 0 Å². The highest BCUT2D eigenvalue weighted by molar-refractivity contribution is 7.80. The first kappa shape index (κ1) is 16.1. The fourth-order valence-corrected chi connectivity index (χ4v) is 2.49. The maximum Gasteiger partial charge on any atom is 0.276 e. The first-order valence-corrected chi connectivity index (χ1v) is 7.72. The van der Waals surface area contributed by atoms with Crippen LogP contribution in [-0.4, -0.2) is 23.0 Å². The minimum atomic E-state index is -0.302. The molecular formula is C18H15FN2O2S. The second-order valence-electron chi connectivity index (χ2n) is 5.31. The minimum absolute atomic E-state index is 0.195. The molecule has 1 heterocycles. The monoisotopic (exact) mass is 342 g/mol. The average molecular weight is 342 g/mol. The molecule has 4 nitrogen and oxygen atoms in total. The molecular weight excluding hydrogens is 327 g/mol. The maximum atomic E-state index is 13.2. The number of amides is 1. The second kappa shape index (κ2) is 6.80. The van der Waals surface area contributed by atoms with Gasteiger partial charge < -0.3 is 10.1 Å². The van der Waals surface area contributed by atoms with Crippen LogP contribution in [0, 0.1) is 5.82 Å². The van der Waals surface area contributed by atoms with E-state index in [1.54, 1.807) is 31.3 Å². The van der Waals surface area contributed by atoms with Crippen molar-refractivity contribution in [2.45, 2.75) is 6.61 Å². The third-order valence-electron chi connectivity index (χ3n) is 3.58. The van der Waals surface area contributed by atoms with Crippen LogP contribution in [0.1, 0.15) is 11.1 Å². The van der Waals surface area contributed by atoms with Crippen LogP contribution >= 0.6 is 12.2 Å². The molecule has 1 amide bonds. The number of thiocarbonyl (C=S) groups is 1. The lowest BCUT2D eigenvalue weighted by Crippen LogP contribution is -2.25. The number of para-hydroxylation sites is 1. The summed E-state index contributed by atoms with van der Waals surface area (Å²) >= 11 is 5.06. The number of benzene rings is 2. The lowest BCUT2D eigenvalue weighted by atomic mass is 10.1. The zero-order valence-electron chi connectivity index (χ0n) is 13.0. The van der Waals surface area contributed by atoms with Crippen molar-refractivity contribution in [2.75, 3.05) is 7.05 Å². The number of nitrogens with one attached hydrogen (secondary N) is 1. The maximum absolute atomic E-state index is 13.2. The highest BCUT2D eigenvalue weighted by atomic mass is 32.1. The van der Waals surface area contributed by atoms with E-state index in [4.69, 9.17) is 17.0 Å². The Morgan fingerprint density at radius 1 is 1.25 bits per heavy atom. The van der Waals surface area contributed by atoms with Gasteiger partial charge in [-0.3, -0.25) is 9.69 Å². The molecule has 3 rings (SSSR count). The smallest absolute Gasteiger partial charge is 0.276 e. The molecule has 0 aromatic heterocycles. The first-order chi connectivity index (χ1) is 11.5. The summed E-state index contributed by atoms with van der Waals surface area (Å²) in [7, 11) is 1.62. The number of ether oxygens (including phenoxy) is 1. The van der Waals surface area contributed by atoms with Crippen molar-refractivity contribution in [3.05, 3.63) is 71.2 Å². The Morgan fingerprint density at radius 2 is 2.04 bits per heavy atom. The summed E-state index contributed by atoms with van der Waals surface area (Å²) in [6.07, 6.45) is 1.69. The minimum Gasteiger partial charge on any atom is -0.488 e. The Morgan fingerprint density at radius 3 is 2.75 bits per heavy atom. The largest absolute Gasteiger partial charge is 0.488 e. The zero-order chi connectivity index (χ0) is 17.1. The summed E-state index contributed by atoms with van der Waals surface area (Å²) in [4.78, 5) is 13.4. The van der Waals surface area contributed by atoms with Crippen molar-refractivity contribution < 1.29 is 13.9 Å². The summed E-state index contributed by atoms with van der Waals surface area (Å²) in [6.45, 7) is 0.234. The summed E-state index contributed by atoms with van der Waals surface area (Å²) in [5.74, 6) is 0.105. The van der Waals surface area contributed by atoms with Gasteiger partial charge in [0.25, 0.3) is 5.91 Å². The molecule has 0 unspecified atom stereocenters. The van der Waals surface area contributed by atoms with Crippen molar-refractivity contribution in [3.8, 4) is 5.75 Å². The van der Waals surface area contributed by atoms with Gasteiger partial charge in [-0.25, -0.2) is 4.39 Å². The van der Waals surface area contributed by atoms with E-state index < -0.39 is 0 Å². The molecule has 1 fully saturated rings. The van der Waals surface area contributed by atoms with E-state index in [0.717, 1.165) is 11.1 Å². The molecule has 1 saturated heterocycles. The van der Waals surface area contributed by atoms with Gasteiger partial charge in [0.1, 0.15) is 23.9 Å². The van der Waals surface area contributed by atoms with Gasteiger partial charge in [0.15, 0.2) is 5.11 Å². The molecule has 0 aliphatic carbocycles. The van der Waals surface area contributed by atoms with Crippen LogP contribution in [-0.2, 0) is 11.4 Å². The zero-order valence-corrected chi connectivity index (χ0v) is 13.8. The summed E-state index contributed by atoms with van der Waals surface area (Å²) < 4.78 is 19.0. The predicted molar refractivity (Wildman–Crippen MR) is 93.7 cm³/mol. The Balaban J connectivity index is 1.81. The van der Waals surface area contributed by atoms with Crippen molar-refractivity contribution in [1.29, 1.82) is 0 Å². The van der Waals surface area contributed by atoms with Gasteiger partial charge in [-0.15, -0.1) is 0 Å². The highest BCUT2D eigenvalue weighted by Crippen LogP contribution is 2.23. The number of nitrogens with zero attached hydrogens (tertiary/aromatic N) is 1. The third-order valence-corrected chi connectivity index (χ3v) is 3.96. The Kier molecular flexibility index (Phi) is 4.57. The highest BCUT2D eigenvalue weighted by Gasteiger charge is 2.27. The Labute approximate surface area is 144 Å². The van der Waals surface area contributed by atoms with Crippen LogP contribution < -0.4 is 10.1 Å². The van der Waals surface area contributed by atoms with Crippen LogP contribution in [0.25, 0.3) is 6.08 Å². The Bertz CT molecular complexity index is 835. The third kappa shape index (κ3) is 3.44. The van der Waals surface area contributed by atoms with Crippen molar-refractivity contribution in [3.63, 3.8) is 0 Å². The van der Waals surface area contributed by atoms with Crippen molar-refractivity contribution >= 4 is 29.3 Å². The Hall–Kier alpha value is -2.73. The van der Waals surface area contributed by atoms with Gasteiger partial charge in [-0.05, 0) is 42.1 Å². The molecule has 0 saturated carbocycles. The molecule has 2 aromatic rings. The second-order valence-corrected chi connectivity index (χ2v) is 5.70. The van der Waals surface area contributed by atoms with E-state index in [1.807, 2.05) is 18.2 Å². The van der Waals surface area contributed by atoms with E-state index >= 15 is 0 Å². The summed E-state index contributed by atoms with van der Waals surface area (Å²) in [5.41, 5.74) is 1.86. The van der Waals surface area contributed by atoms with E-state index in [-0.39, 0.29) is 18.3 Å². The molecule has 1 aliphatic rings. The quantitative estimate of drug-likeness (QED) is 0.685. The average Bonchev–Trinajstić information content (AvgIpc) is 2.81. The fourth-order valence-electron chi connectivity index (χ4n) is 2.30. The lowest BCUT2D eigenvalue weighted by Gasteiger charge is -2.10. The topological polar surface area (TPSA) is 41.6 Å². The lowest BCUT2D eigenvalue weighted by molar-refractivity contribution is -0.121. The first-order valence-electron chi connectivity index (χ1n) is 7.31. The number of halogens is 1. The molecule has 1 aliphatic heterocycles. The van der Waals surface area contributed by atoms with Crippen LogP contribution in [0.15, 0.2) is 54.2 Å². The van der Waals surface area contributed by atoms with Crippen LogP contribution in [0.3, 0.4) is 0 Å². The van der Waals surface area contributed by atoms with Gasteiger partial charge in [-0.1, -0.05) is 30.3 Å². The van der Waals surface area contributed by atoms with Crippen LogP contribution in [0.4, 0.5) is 4.39 Å². The summed E-state index contributed by atoms with van der Waals surface area (Å²) in [5, 5.41) is 3.24. The van der Waals surface area contributed by atoms with E-state index in [1.165, 1.54) is 17.0 Å². The van der Waals surface area contributed by atoms with Gasteiger partial charge >= 0.3 is 0 Å².